The highest BCUT2D eigenvalue weighted by molar-refractivity contribution is 6.05. The van der Waals surface area contributed by atoms with Gasteiger partial charge in [-0.25, -0.2) is 0 Å². The van der Waals surface area contributed by atoms with E-state index in [4.69, 9.17) is 0 Å². The van der Waals surface area contributed by atoms with Crippen molar-refractivity contribution in [3.05, 3.63) is 103 Å². The van der Waals surface area contributed by atoms with Crippen molar-refractivity contribution in [3.63, 3.8) is 0 Å². The molecular weight excluding hydrogens is 296 g/mol. The van der Waals surface area contributed by atoms with Gasteiger partial charge in [-0.15, -0.1) is 0 Å². The number of hydrogen-bond donors (Lipinski definition) is 2. The number of benzene rings is 3. The Morgan fingerprint density at radius 3 is 1.62 bits per heavy atom. The zero-order valence-electron chi connectivity index (χ0n) is 13.1. The van der Waals surface area contributed by atoms with Gasteiger partial charge in [0.2, 0.25) is 5.91 Å². The average Bonchev–Trinajstić information content (AvgIpc) is 2.63. The summed E-state index contributed by atoms with van der Waals surface area (Å²) in [6, 6.07) is 29.0. The van der Waals surface area contributed by atoms with E-state index in [1.54, 1.807) is 6.08 Å². The Labute approximate surface area is 141 Å². The van der Waals surface area contributed by atoms with Crippen LogP contribution in [0, 0.1) is 0 Å². The van der Waals surface area contributed by atoms with Crippen molar-refractivity contribution in [1.82, 2.24) is 0 Å². The van der Waals surface area contributed by atoms with Crippen LogP contribution in [0.2, 0.25) is 0 Å². The lowest BCUT2D eigenvalue weighted by Gasteiger charge is -2.12. The Morgan fingerprint density at radius 2 is 1.08 bits per heavy atom. The fraction of sp³-hybridized carbons (Fsp3) is 0. The van der Waals surface area contributed by atoms with Crippen LogP contribution in [0.15, 0.2) is 97.1 Å². The van der Waals surface area contributed by atoms with Crippen LogP contribution < -0.4 is 10.6 Å². The third kappa shape index (κ3) is 4.34. The summed E-state index contributed by atoms with van der Waals surface area (Å²) in [6.45, 7) is 0. The van der Waals surface area contributed by atoms with Crippen molar-refractivity contribution in [2.75, 3.05) is 10.6 Å². The summed E-state index contributed by atoms with van der Waals surface area (Å²) < 4.78 is 0. The van der Waals surface area contributed by atoms with E-state index in [1.807, 2.05) is 91.0 Å². The summed E-state index contributed by atoms with van der Waals surface area (Å²) in [6.07, 6.45) is 1.58. The minimum atomic E-state index is -0.177. The summed E-state index contributed by atoms with van der Waals surface area (Å²) in [5, 5.41) is 6.18. The molecule has 1 amide bonds. The number of amides is 1. The van der Waals surface area contributed by atoms with Crippen molar-refractivity contribution in [1.29, 1.82) is 0 Å². The quantitative estimate of drug-likeness (QED) is 0.666. The highest BCUT2D eigenvalue weighted by atomic mass is 16.1. The first kappa shape index (κ1) is 15.6. The minimum Gasteiger partial charge on any atom is -0.355 e. The topological polar surface area (TPSA) is 41.1 Å². The molecular formula is C21H18N2O. The molecule has 3 aromatic carbocycles. The van der Waals surface area contributed by atoms with Crippen molar-refractivity contribution in [3.8, 4) is 0 Å². The van der Waals surface area contributed by atoms with Gasteiger partial charge in [0.25, 0.3) is 0 Å². The maximum absolute atomic E-state index is 12.4. The lowest BCUT2D eigenvalue weighted by atomic mass is 10.1. The van der Waals surface area contributed by atoms with Crippen LogP contribution >= 0.6 is 0 Å². The zero-order chi connectivity index (χ0) is 16.6. The third-order valence-electron chi connectivity index (χ3n) is 3.45. The molecule has 0 heterocycles. The first-order chi connectivity index (χ1) is 11.8. The summed E-state index contributed by atoms with van der Waals surface area (Å²) in [7, 11) is 0. The molecule has 0 saturated carbocycles. The maximum Gasteiger partial charge on any atom is 0.250 e. The Bertz CT molecular complexity index is 812. The predicted molar refractivity (Wildman–Crippen MR) is 99.6 cm³/mol. The Morgan fingerprint density at radius 1 is 0.625 bits per heavy atom. The van der Waals surface area contributed by atoms with Crippen molar-refractivity contribution in [2.45, 2.75) is 0 Å². The van der Waals surface area contributed by atoms with Crippen molar-refractivity contribution < 1.29 is 4.79 Å². The van der Waals surface area contributed by atoms with Crippen LogP contribution in [0.25, 0.3) is 5.70 Å². The molecule has 0 atom stereocenters. The molecule has 3 aromatic rings. The molecule has 0 radical (unpaired) electrons. The van der Waals surface area contributed by atoms with Gasteiger partial charge in [-0.05, 0) is 29.8 Å². The molecule has 3 rings (SSSR count). The second kappa shape index (κ2) is 7.79. The summed E-state index contributed by atoms with van der Waals surface area (Å²) in [4.78, 5) is 12.4. The smallest absolute Gasteiger partial charge is 0.250 e. The van der Waals surface area contributed by atoms with Crippen LogP contribution in [0.4, 0.5) is 11.4 Å². The van der Waals surface area contributed by atoms with Gasteiger partial charge in [0.15, 0.2) is 0 Å². The average molecular weight is 314 g/mol. The van der Waals surface area contributed by atoms with Gasteiger partial charge in [-0.1, -0.05) is 66.7 Å². The molecule has 0 unspecified atom stereocenters. The fourth-order valence-electron chi connectivity index (χ4n) is 2.32. The SMILES string of the molecule is O=C(C=C(Nc1ccccc1)c1ccccc1)Nc1ccccc1. The minimum absolute atomic E-state index is 0.177. The molecule has 0 aliphatic rings. The third-order valence-corrected chi connectivity index (χ3v) is 3.45. The Hall–Kier alpha value is -3.33. The number of nitrogens with one attached hydrogen (secondary N) is 2. The van der Waals surface area contributed by atoms with E-state index in [9.17, 15) is 4.79 Å². The monoisotopic (exact) mass is 314 g/mol. The number of rotatable bonds is 5. The van der Waals surface area contributed by atoms with E-state index in [0.29, 0.717) is 0 Å². The molecule has 3 heteroatoms. The van der Waals surface area contributed by atoms with Crippen LogP contribution in [-0.4, -0.2) is 5.91 Å². The number of anilines is 2. The van der Waals surface area contributed by atoms with Gasteiger partial charge >= 0.3 is 0 Å². The highest BCUT2D eigenvalue weighted by Crippen LogP contribution is 2.18. The molecule has 24 heavy (non-hydrogen) atoms. The van der Waals surface area contributed by atoms with E-state index >= 15 is 0 Å². The van der Waals surface area contributed by atoms with Crippen LogP contribution in [-0.2, 0) is 4.79 Å². The summed E-state index contributed by atoms with van der Waals surface area (Å²) in [5.41, 5.74) is 3.39. The Kier molecular flexibility index (Phi) is 5.05. The molecule has 0 spiro atoms. The second-order valence-electron chi connectivity index (χ2n) is 5.27. The number of hydrogen-bond acceptors (Lipinski definition) is 2. The molecule has 118 valence electrons. The summed E-state index contributed by atoms with van der Waals surface area (Å²) in [5.74, 6) is -0.177. The molecule has 0 bridgehead atoms. The van der Waals surface area contributed by atoms with E-state index in [2.05, 4.69) is 10.6 Å². The largest absolute Gasteiger partial charge is 0.355 e. The number of para-hydroxylation sites is 2. The van der Waals surface area contributed by atoms with Crippen LogP contribution in [0.3, 0.4) is 0 Å². The van der Waals surface area contributed by atoms with Crippen LogP contribution in [0.5, 0.6) is 0 Å². The maximum atomic E-state index is 12.4. The zero-order valence-corrected chi connectivity index (χ0v) is 13.1. The van der Waals surface area contributed by atoms with Crippen molar-refractivity contribution >= 4 is 23.0 Å². The van der Waals surface area contributed by atoms with E-state index in [0.717, 1.165) is 22.6 Å². The first-order valence-electron chi connectivity index (χ1n) is 7.76. The van der Waals surface area contributed by atoms with Gasteiger partial charge < -0.3 is 10.6 Å². The van der Waals surface area contributed by atoms with Gasteiger partial charge in [0.05, 0.1) is 5.70 Å². The summed E-state index contributed by atoms with van der Waals surface area (Å²) >= 11 is 0. The number of carbonyl (C=O) groups excluding carboxylic acids is 1. The van der Waals surface area contributed by atoms with E-state index < -0.39 is 0 Å². The van der Waals surface area contributed by atoms with Gasteiger partial charge in [0.1, 0.15) is 0 Å². The van der Waals surface area contributed by atoms with E-state index in [1.165, 1.54) is 0 Å². The first-order valence-corrected chi connectivity index (χ1v) is 7.76. The molecule has 0 fully saturated rings. The molecule has 0 aliphatic carbocycles. The predicted octanol–water partition coefficient (Wildman–Crippen LogP) is 4.78. The molecule has 0 aliphatic heterocycles. The standard InChI is InChI=1S/C21H18N2O/c24-21(23-19-14-8-3-9-15-19)16-20(17-10-4-1-5-11-17)22-18-12-6-2-7-13-18/h1-16,22H,(H,23,24). The lowest BCUT2D eigenvalue weighted by Crippen LogP contribution is -2.11. The van der Waals surface area contributed by atoms with Gasteiger partial charge in [0, 0.05) is 17.5 Å². The fourth-order valence-corrected chi connectivity index (χ4v) is 2.32. The lowest BCUT2D eigenvalue weighted by molar-refractivity contribution is -0.111. The van der Waals surface area contributed by atoms with Gasteiger partial charge in [-0.3, -0.25) is 4.79 Å². The van der Waals surface area contributed by atoms with Crippen LogP contribution in [0.1, 0.15) is 5.56 Å². The number of carbonyl (C=O) groups is 1. The molecule has 0 aromatic heterocycles. The highest BCUT2D eigenvalue weighted by Gasteiger charge is 2.06. The molecule has 0 saturated heterocycles. The molecule has 2 N–H and O–H groups in total. The van der Waals surface area contributed by atoms with Crippen molar-refractivity contribution in [2.24, 2.45) is 0 Å². The van der Waals surface area contributed by atoms with Gasteiger partial charge in [-0.2, -0.15) is 0 Å². The second-order valence-corrected chi connectivity index (χ2v) is 5.27. The van der Waals surface area contributed by atoms with E-state index in [-0.39, 0.29) is 5.91 Å². The molecule has 3 nitrogen and oxygen atoms in total. The Balaban J connectivity index is 1.85. The normalized spacial score (nSPS) is 10.9.